The fourth-order valence-electron chi connectivity index (χ4n) is 3.92. The highest BCUT2D eigenvalue weighted by atomic mass is 32.2. The Morgan fingerprint density at radius 2 is 2.05 bits per heavy atom. The maximum atomic E-state index is 13.0. The van der Waals surface area contributed by atoms with E-state index in [4.69, 9.17) is 0 Å². The van der Waals surface area contributed by atoms with Gasteiger partial charge in [0.05, 0.1) is 0 Å². The zero-order valence-electron chi connectivity index (χ0n) is 12.9. The molecule has 0 aromatic carbocycles. The standard InChI is InChI=1S/C15H25N3O2S/c1-16-10-13-9-14(11-17(13)2)21(19,20)18-8-4-6-12-5-3-7-15(12)18/h9,11-12,15-16H,3-8,10H2,1-2H3. The summed E-state index contributed by atoms with van der Waals surface area (Å²) in [6, 6.07) is 2.04. The van der Waals surface area contributed by atoms with E-state index in [1.165, 1.54) is 19.3 Å². The summed E-state index contributed by atoms with van der Waals surface area (Å²) in [5.74, 6) is 0.578. The third kappa shape index (κ3) is 2.64. The van der Waals surface area contributed by atoms with Crippen LogP contribution in [0.15, 0.2) is 17.2 Å². The molecule has 1 aliphatic heterocycles. The quantitative estimate of drug-likeness (QED) is 0.921. The molecule has 6 heteroatoms. The van der Waals surface area contributed by atoms with Crippen molar-refractivity contribution in [2.45, 2.75) is 49.6 Å². The second kappa shape index (κ2) is 5.74. The Bertz CT molecular complexity index is 608. The molecule has 0 amide bonds. The van der Waals surface area contributed by atoms with Gasteiger partial charge in [0.2, 0.25) is 10.0 Å². The van der Waals surface area contributed by atoms with Crippen molar-refractivity contribution in [2.75, 3.05) is 13.6 Å². The minimum Gasteiger partial charge on any atom is -0.352 e. The van der Waals surface area contributed by atoms with Crippen molar-refractivity contribution < 1.29 is 8.42 Å². The zero-order chi connectivity index (χ0) is 15.0. The summed E-state index contributed by atoms with van der Waals surface area (Å²) in [5, 5.41) is 3.08. The number of nitrogens with zero attached hydrogens (tertiary/aromatic N) is 2. The van der Waals surface area contributed by atoms with Gasteiger partial charge in [0.15, 0.2) is 0 Å². The third-order valence-electron chi connectivity index (χ3n) is 4.99. The zero-order valence-corrected chi connectivity index (χ0v) is 13.7. The van der Waals surface area contributed by atoms with E-state index in [2.05, 4.69) is 5.32 Å². The number of hydrogen-bond acceptors (Lipinski definition) is 3. The van der Waals surface area contributed by atoms with Gasteiger partial charge in [-0.05, 0) is 44.7 Å². The number of aryl methyl sites for hydroxylation is 1. The summed E-state index contributed by atoms with van der Waals surface area (Å²) in [6.07, 6.45) is 7.32. The molecule has 2 aliphatic rings. The van der Waals surface area contributed by atoms with Crippen LogP contribution in [-0.4, -0.2) is 36.9 Å². The number of aromatic nitrogens is 1. The first-order valence-corrected chi connectivity index (χ1v) is 9.29. The van der Waals surface area contributed by atoms with E-state index in [9.17, 15) is 8.42 Å². The van der Waals surface area contributed by atoms with Crippen LogP contribution in [0.3, 0.4) is 0 Å². The van der Waals surface area contributed by atoms with E-state index in [1.807, 2.05) is 24.7 Å². The molecule has 1 saturated carbocycles. The van der Waals surface area contributed by atoms with E-state index in [0.29, 0.717) is 23.9 Å². The Hall–Kier alpha value is -0.850. The Morgan fingerprint density at radius 1 is 1.29 bits per heavy atom. The highest BCUT2D eigenvalue weighted by molar-refractivity contribution is 7.89. The van der Waals surface area contributed by atoms with Gasteiger partial charge in [-0.25, -0.2) is 8.42 Å². The molecule has 0 bridgehead atoms. The lowest BCUT2D eigenvalue weighted by Gasteiger charge is -2.36. The van der Waals surface area contributed by atoms with Crippen LogP contribution in [0.5, 0.6) is 0 Å². The highest BCUT2D eigenvalue weighted by Gasteiger charge is 2.41. The van der Waals surface area contributed by atoms with E-state index in [1.54, 1.807) is 10.5 Å². The summed E-state index contributed by atoms with van der Waals surface area (Å²) in [6.45, 7) is 1.36. The molecule has 2 heterocycles. The van der Waals surface area contributed by atoms with Crippen molar-refractivity contribution in [3.8, 4) is 0 Å². The van der Waals surface area contributed by atoms with E-state index in [-0.39, 0.29) is 6.04 Å². The van der Waals surface area contributed by atoms with Gasteiger partial charge < -0.3 is 9.88 Å². The molecule has 1 N–H and O–H groups in total. The number of rotatable bonds is 4. The maximum absolute atomic E-state index is 13.0. The summed E-state index contributed by atoms with van der Waals surface area (Å²) in [5.41, 5.74) is 0.996. The van der Waals surface area contributed by atoms with E-state index < -0.39 is 10.0 Å². The molecule has 3 rings (SSSR count). The normalized spacial score (nSPS) is 27.0. The lowest BCUT2D eigenvalue weighted by atomic mass is 9.94. The van der Waals surface area contributed by atoms with Crippen LogP contribution in [0.2, 0.25) is 0 Å². The first kappa shape index (κ1) is 15.1. The summed E-state index contributed by atoms with van der Waals surface area (Å²) >= 11 is 0. The topological polar surface area (TPSA) is 54.3 Å². The lowest BCUT2D eigenvalue weighted by molar-refractivity contribution is 0.202. The van der Waals surface area contributed by atoms with Gasteiger partial charge in [0.25, 0.3) is 0 Å². The Balaban J connectivity index is 1.90. The predicted octanol–water partition coefficient (Wildman–Crippen LogP) is 1.70. The van der Waals surface area contributed by atoms with Gasteiger partial charge in [-0.15, -0.1) is 0 Å². The molecule has 5 nitrogen and oxygen atoms in total. The van der Waals surface area contributed by atoms with E-state index >= 15 is 0 Å². The number of sulfonamides is 1. The number of hydrogen-bond donors (Lipinski definition) is 1. The molecule has 21 heavy (non-hydrogen) atoms. The molecule has 1 saturated heterocycles. The van der Waals surface area contributed by atoms with Crippen LogP contribution in [0.25, 0.3) is 0 Å². The van der Waals surface area contributed by atoms with Gasteiger partial charge in [-0.1, -0.05) is 6.42 Å². The van der Waals surface area contributed by atoms with Crippen molar-refractivity contribution >= 4 is 10.0 Å². The second-order valence-electron chi connectivity index (χ2n) is 6.32. The number of nitrogens with one attached hydrogen (secondary N) is 1. The van der Waals surface area contributed by atoms with Crippen LogP contribution in [0.4, 0.5) is 0 Å². The minimum absolute atomic E-state index is 0.233. The Labute approximate surface area is 127 Å². The minimum atomic E-state index is -3.35. The van der Waals surface area contributed by atoms with Crippen LogP contribution in [-0.2, 0) is 23.6 Å². The lowest BCUT2D eigenvalue weighted by Crippen LogP contribution is -2.45. The van der Waals surface area contributed by atoms with Crippen LogP contribution in [0.1, 0.15) is 37.8 Å². The van der Waals surface area contributed by atoms with Crippen LogP contribution >= 0.6 is 0 Å². The van der Waals surface area contributed by atoms with Gasteiger partial charge >= 0.3 is 0 Å². The van der Waals surface area contributed by atoms with Crippen molar-refractivity contribution in [1.29, 1.82) is 0 Å². The van der Waals surface area contributed by atoms with Crippen LogP contribution < -0.4 is 5.32 Å². The first-order chi connectivity index (χ1) is 10.0. The van der Waals surface area contributed by atoms with E-state index in [0.717, 1.165) is 18.5 Å². The Kier molecular flexibility index (Phi) is 4.12. The second-order valence-corrected chi connectivity index (χ2v) is 8.22. The van der Waals surface area contributed by atoms with Crippen molar-refractivity contribution in [3.05, 3.63) is 18.0 Å². The molecule has 1 aliphatic carbocycles. The molecule has 0 spiro atoms. The summed E-state index contributed by atoms with van der Waals surface area (Å²) in [4.78, 5) is 0.447. The molecule has 2 unspecified atom stereocenters. The third-order valence-corrected chi connectivity index (χ3v) is 6.88. The largest absolute Gasteiger partial charge is 0.352 e. The fourth-order valence-corrected chi connectivity index (χ4v) is 5.77. The fraction of sp³-hybridized carbons (Fsp3) is 0.733. The molecular weight excluding hydrogens is 286 g/mol. The summed E-state index contributed by atoms with van der Waals surface area (Å²) < 4.78 is 29.7. The number of fused-ring (bicyclic) bond motifs is 1. The molecule has 2 fully saturated rings. The average Bonchev–Trinajstić information content (AvgIpc) is 3.06. The van der Waals surface area contributed by atoms with Gasteiger partial charge in [0, 0.05) is 38.1 Å². The first-order valence-electron chi connectivity index (χ1n) is 7.85. The number of piperidine rings is 1. The van der Waals surface area contributed by atoms with Crippen molar-refractivity contribution in [1.82, 2.24) is 14.2 Å². The molecule has 2 atom stereocenters. The monoisotopic (exact) mass is 311 g/mol. The predicted molar refractivity (Wildman–Crippen MR) is 82.4 cm³/mol. The van der Waals surface area contributed by atoms with Gasteiger partial charge in [-0.3, -0.25) is 0 Å². The molecule has 1 aromatic heterocycles. The van der Waals surface area contributed by atoms with Gasteiger partial charge in [-0.2, -0.15) is 4.31 Å². The highest BCUT2D eigenvalue weighted by Crippen LogP contribution is 2.39. The molecular formula is C15H25N3O2S. The summed E-state index contributed by atoms with van der Waals surface area (Å²) in [7, 11) is 0.422. The van der Waals surface area contributed by atoms with Crippen molar-refractivity contribution in [3.63, 3.8) is 0 Å². The Morgan fingerprint density at radius 3 is 2.81 bits per heavy atom. The van der Waals surface area contributed by atoms with Crippen LogP contribution in [0, 0.1) is 5.92 Å². The smallest absolute Gasteiger partial charge is 0.244 e. The molecule has 1 aromatic rings. The molecule has 118 valence electrons. The maximum Gasteiger partial charge on any atom is 0.244 e. The van der Waals surface area contributed by atoms with Gasteiger partial charge in [0.1, 0.15) is 4.90 Å². The van der Waals surface area contributed by atoms with Crippen molar-refractivity contribution in [2.24, 2.45) is 13.0 Å². The SMILES string of the molecule is CNCc1cc(S(=O)(=O)N2CCCC3CCCC32)cn1C. The average molecular weight is 311 g/mol. The molecule has 0 radical (unpaired) electrons.